The molecule has 0 radical (unpaired) electrons. The third-order valence-electron chi connectivity index (χ3n) is 9.07. The molecule has 2 amide bonds. The van der Waals surface area contributed by atoms with E-state index < -0.39 is 0 Å². The molecule has 0 aromatic carbocycles. The van der Waals surface area contributed by atoms with Crippen LogP contribution in [-0.2, 0) is 9.59 Å². The fourth-order valence-electron chi connectivity index (χ4n) is 5.99. The van der Waals surface area contributed by atoms with E-state index in [1.54, 1.807) is 0 Å². The van der Waals surface area contributed by atoms with Gasteiger partial charge in [0.1, 0.15) is 0 Å². The van der Waals surface area contributed by atoms with E-state index in [2.05, 4.69) is 52.7 Å². The lowest BCUT2D eigenvalue weighted by molar-refractivity contribution is -0.909. The standard InChI is InChI=1S/C37H76N4O2/c1-7-9-11-13-15-17-19-21-23-28-36(42)38-30-25-32-40(3,4)34-27-35-41(5,6)33-26-31-39-37(43)29-24-22-20-18-16-14-12-10-8-2/h7-35H2,1-6H3/p+2. The summed E-state index contributed by atoms with van der Waals surface area (Å²) < 4.78 is 2.01. The number of nitrogens with one attached hydrogen (secondary N) is 2. The summed E-state index contributed by atoms with van der Waals surface area (Å²) in [4.78, 5) is 24.4. The third-order valence-corrected chi connectivity index (χ3v) is 9.07. The average molecular weight is 611 g/mol. The zero-order valence-electron chi connectivity index (χ0n) is 30.2. The highest BCUT2D eigenvalue weighted by molar-refractivity contribution is 5.76. The Labute approximate surface area is 269 Å². The quantitative estimate of drug-likeness (QED) is 0.0594. The maximum atomic E-state index is 12.2. The summed E-state index contributed by atoms with van der Waals surface area (Å²) >= 11 is 0. The number of amides is 2. The molecule has 0 heterocycles. The molecular weight excluding hydrogens is 532 g/mol. The van der Waals surface area contributed by atoms with Gasteiger partial charge < -0.3 is 19.6 Å². The van der Waals surface area contributed by atoms with Crippen molar-refractivity contribution >= 4 is 11.8 Å². The molecule has 0 aromatic heterocycles. The van der Waals surface area contributed by atoms with Crippen molar-refractivity contribution in [2.45, 2.75) is 162 Å². The van der Waals surface area contributed by atoms with Crippen LogP contribution in [0, 0.1) is 0 Å². The Morgan fingerprint density at radius 2 is 0.674 bits per heavy atom. The molecule has 0 saturated carbocycles. The van der Waals surface area contributed by atoms with Crippen LogP contribution in [0.5, 0.6) is 0 Å². The van der Waals surface area contributed by atoms with Gasteiger partial charge >= 0.3 is 0 Å². The van der Waals surface area contributed by atoms with Gasteiger partial charge in [-0.2, -0.15) is 0 Å². The summed E-state index contributed by atoms with van der Waals surface area (Å²) in [6.07, 6.45) is 27.9. The molecule has 0 aromatic rings. The summed E-state index contributed by atoms with van der Waals surface area (Å²) in [5, 5.41) is 6.28. The van der Waals surface area contributed by atoms with Crippen LogP contribution in [0.4, 0.5) is 0 Å². The summed E-state index contributed by atoms with van der Waals surface area (Å²) in [7, 11) is 9.25. The highest BCUT2D eigenvalue weighted by atomic mass is 16.2. The summed E-state index contributed by atoms with van der Waals surface area (Å²) in [6, 6.07) is 0. The molecule has 0 rings (SSSR count). The fraction of sp³-hybridized carbons (Fsp3) is 0.946. The smallest absolute Gasteiger partial charge is 0.219 e. The highest BCUT2D eigenvalue weighted by Crippen LogP contribution is 2.12. The van der Waals surface area contributed by atoms with Crippen molar-refractivity contribution in [3.63, 3.8) is 0 Å². The minimum Gasteiger partial charge on any atom is -0.356 e. The highest BCUT2D eigenvalue weighted by Gasteiger charge is 2.19. The van der Waals surface area contributed by atoms with Gasteiger partial charge in [0.05, 0.1) is 54.4 Å². The van der Waals surface area contributed by atoms with Crippen molar-refractivity contribution < 1.29 is 18.6 Å². The summed E-state index contributed by atoms with van der Waals surface area (Å²) in [5.74, 6) is 0.457. The predicted molar refractivity (Wildman–Crippen MR) is 187 cm³/mol. The number of rotatable bonds is 32. The lowest BCUT2D eigenvalue weighted by atomic mass is 10.1. The second-order valence-electron chi connectivity index (χ2n) is 14.7. The van der Waals surface area contributed by atoms with Gasteiger partial charge in [-0.1, -0.05) is 117 Å². The van der Waals surface area contributed by atoms with Crippen molar-refractivity contribution in [1.29, 1.82) is 0 Å². The molecule has 0 saturated heterocycles. The zero-order valence-corrected chi connectivity index (χ0v) is 30.2. The van der Waals surface area contributed by atoms with E-state index >= 15 is 0 Å². The van der Waals surface area contributed by atoms with E-state index in [1.165, 1.54) is 109 Å². The molecule has 43 heavy (non-hydrogen) atoms. The topological polar surface area (TPSA) is 58.2 Å². The van der Waals surface area contributed by atoms with Gasteiger partial charge in [0.15, 0.2) is 0 Å². The van der Waals surface area contributed by atoms with Crippen molar-refractivity contribution in [2.24, 2.45) is 0 Å². The van der Waals surface area contributed by atoms with E-state index in [9.17, 15) is 9.59 Å². The van der Waals surface area contributed by atoms with Gasteiger partial charge in [-0.15, -0.1) is 0 Å². The molecule has 0 aliphatic carbocycles. The minimum atomic E-state index is 0.229. The molecule has 6 nitrogen and oxygen atoms in total. The monoisotopic (exact) mass is 611 g/mol. The van der Waals surface area contributed by atoms with Gasteiger partial charge in [-0.25, -0.2) is 0 Å². The summed E-state index contributed by atoms with van der Waals surface area (Å²) in [6.45, 7) is 10.6. The van der Waals surface area contributed by atoms with E-state index in [0.717, 1.165) is 73.9 Å². The minimum absolute atomic E-state index is 0.229. The van der Waals surface area contributed by atoms with Crippen LogP contribution in [0.1, 0.15) is 162 Å². The predicted octanol–water partition coefficient (Wildman–Crippen LogP) is 8.38. The number of quaternary nitrogens is 2. The molecule has 6 heteroatoms. The van der Waals surface area contributed by atoms with Gasteiger partial charge in [-0.05, 0) is 12.8 Å². The molecule has 0 bridgehead atoms. The molecule has 0 fully saturated rings. The molecule has 256 valence electrons. The van der Waals surface area contributed by atoms with Gasteiger partial charge in [0.25, 0.3) is 0 Å². The first-order valence-electron chi connectivity index (χ1n) is 18.8. The molecule has 0 unspecified atom stereocenters. The normalized spacial score (nSPS) is 12.0. The van der Waals surface area contributed by atoms with Crippen LogP contribution in [-0.4, -0.2) is 88.2 Å². The maximum absolute atomic E-state index is 12.2. The van der Waals surface area contributed by atoms with Crippen molar-refractivity contribution in [1.82, 2.24) is 10.6 Å². The number of carbonyl (C=O) groups is 2. The van der Waals surface area contributed by atoms with Crippen LogP contribution in [0.3, 0.4) is 0 Å². The Morgan fingerprint density at radius 3 is 1.00 bits per heavy atom. The Kier molecular flexibility index (Phi) is 27.6. The number of hydrogen-bond acceptors (Lipinski definition) is 2. The molecule has 0 spiro atoms. The maximum Gasteiger partial charge on any atom is 0.219 e. The number of unbranched alkanes of at least 4 members (excludes halogenated alkanes) is 16. The Hall–Kier alpha value is -1.14. The Balaban J connectivity index is 3.73. The largest absolute Gasteiger partial charge is 0.356 e. The lowest BCUT2D eigenvalue weighted by Gasteiger charge is -2.33. The first-order chi connectivity index (χ1) is 20.6. The van der Waals surface area contributed by atoms with Gasteiger partial charge in [0, 0.05) is 45.2 Å². The van der Waals surface area contributed by atoms with Crippen molar-refractivity contribution in [3.8, 4) is 0 Å². The van der Waals surface area contributed by atoms with Crippen LogP contribution >= 0.6 is 0 Å². The second-order valence-corrected chi connectivity index (χ2v) is 14.7. The third kappa shape index (κ3) is 30.7. The number of nitrogens with zero attached hydrogens (tertiary/aromatic N) is 2. The first kappa shape index (κ1) is 41.9. The second kappa shape index (κ2) is 28.3. The van der Waals surface area contributed by atoms with Crippen LogP contribution in [0.2, 0.25) is 0 Å². The van der Waals surface area contributed by atoms with Crippen molar-refractivity contribution in [2.75, 3.05) is 67.5 Å². The molecular formula is C37H78N4O2+2. The molecule has 2 N–H and O–H groups in total. The average Bonchev–Trinajstić information content (AvgIpc) is 2.95. The molecule has 0 aliphatic heterocycles. The SMILES string of the molecule is CCCCCCCCCCCC(=O)NCCC[N+](C)(C)CCC[N+](C)(C)CCCNC(=O)CCCCCCCCCCC. The van der Waals surface area contributed by atoms with Crippen LogP contribution < -0.4 is 10.6 Å². The van der Waals surface area contributed by atoms with Crippen LogP contribution in [0.15, 0.2) is 0 Å². The van der Waals surface area contributed by atoms with E-state index in [1.807, 2.05) is 0 Å². The Morgan fingerprint density at radius 1 is 0.395 bits per heavy atom. The molecule has 0 atom stereocenters. The first-order valence-corrected chi connectivity index (χ1v) is 18.8. The van der Waals surface area contributed by atoms with Gasteiger partial charge in [-0.3, -0.25) is 9.59 Å². The van der Waals surface area contributed by atoms with E-state index in [0.29, 0.717) is 12.8 Å². The van der Waals surface area contributed by atoms with E-state index in [-0.39, 0.29) is 11.8 Å². The van der Waals surface area contributed by atoms with E-state index in [4.69, 9.17) is 0 Å². The molecule has 0 aliphatic rings. The summed E-state index contributed by atoms with van der Waals surface area (Å²) in [5.41, 5.74) is 0. The van der Waals surface area contributed by atoms with Gasteiger partial charge in [0.2, 0.25) is 11.8 Å². The lowest BCUT2D eigenvalue weighted by Crippen LogP contribution is -2.47. The van der Waals surface area contributed by atoms with Crippen molar-refractivity contribution in [3.05, 3.63) is 0 Å². The van der Waals surface area contributed by atoms with Crippen LogP contribution in [0.25, 0.3) is 0 Å². The zero-order chi connectivity index (χ0) is 32.1. The number of carbonyl (C=O) groups excluding carboxylic acids is 2. The fourth-order valence-corrected chi connectivity index (χ4v) is 5.99. The Bertz CT molecular complexity index is 597. The number of hydrogen-bond donors (Lipinski definition) is 2.